The van der Waals surface area contributed by atoms with Crippen LogP contribution in [0, 0.1) is 0 Å². The van der Waals surface area contributed by atoms with E-state index in [0.717, 1.165) is 32.6 Å². The summed E-state index contributed by atoms with van der Waals surface area (Å²) >= 11 is 0. The van der Waals surface area contributed by atoms with Gasteiger partial charge in [0.2, 0.25) is 5.91 Å². The van der Waals surface area contributed by atoms with Crippen LogP contribution < -0.4 is 5.73 Å². The van der Waals surface area contributed by atoms with Crippen molar-refractivity contribution in [2.45, 2.75) is 18.5 Å². The van der Waals surface area contributed by atoms with E-state index in [-0.39, 0.29) is 11.9 Å². The Bertz CT molecular complexity index is 271. The Kier molecular flexibility index (Phi) is 3.47. The molecule has 16 heavy (non-hydrogen) atoms. The lowest BCUT2D eigenvalue weighted by molar-refractivity contribution is -0.132. The normalized spacial score (nSPS) is 33.7. The molecule has 5 nitrogen and oxygen atoms in total. The highest BCUT2D eigenvalue weighted by Crippen LogP contribution is 2.20. The summed E-state index contributed by atoms with van der Waals surface area (Å²) in [5, 5.41) is 0. The number of hydrogen-bond donors (Lipinski definition) is 1. The van der Waals surface area contributed by atoms with Crippen LogP contribution in [0.1, 0.15) is 6.42 Å². The average Bonchev–Trinajstić information content (AvgIpc) is 2.60. The van der Waals surface area contributed by atoms with Crippen molar-refractivity contribution in [3.63, 3.8) is 0 Å². The molecule has 2 saturated heterocycles. The summed E-state index contributed by atoms with van der Waals surface area (Å²) in [5.74, 6) is 0.267. The molecule has 0 saturated carbocycles. The van der Waals surface area contributed by atoms with Crippen LogP contribution in [0.25, 0.3) is 0 Å². The Balaban J connectivity index is 2.05. The van der Waals surface area contributed by atoms with E-state index in [9.17, 15) is 4.79 Å². The fourth-order valence-electron chi connectivity index (χ4n) is 2.76. The molecule has 2 N–H and O–H groups in total. The first-order chi connectivity index (χ1) is 7.63. The third-order valence-corrected chi connectivity index (χ3v) is 3.80. The molecule has 0 spiro atoms. The summed E-state index contributed by atoms with van der Waals surface area (Å²) < 4.78 is 0. The van der Waals surface area contributed by atoms with Gasteiger partial charge in [-0.05, 0) is 13.5 Å². The van der Waals surface area contributed by atoms with Gasteiger partial charge in [-0.25, -0.2) is 0 Å². The molecule has 2 heterocycles. The molecule has 2 aliphatic rings. The first kappa shape index (κ1) is 11.8. The highest BCUT2D eigenvalue weighted by Gasteiger charge is 2.38. The Morgan fingerprint density at radius 1 is 1.31 bits per heavy atom. The van der Waals surface area contributed by atoms with Crippen molar-refractivity contribution in [1.82, 2.24) is 14.7 Å². The van der Waals surface area contributed by atoms with Crippen molar-refractivity contribution in [1.29, 1.82) is 0 Å². The fourth-order valence-corrected chi connectivity index (χ4v) is 2.76. The van der Waals surface area contributed by atoms with Gasteiger partial charge in [-0.2, -0.15) is 0 Å². The molecule has 0 aromatic heterocycles. The fraction of sp³-hybridized carbons (Fsp3) is 0.909. The van der Waals surface area contributed by atoms with E-state index < -0.39 is 0 Å². The van der Waals surface area contributed by atoms with Crippen LogP contribution in [0.4, 0.5) is 0 Å². The minimum Gasteiger partial charge on any atom is -0.344 e. The van der Waals surface area contributed by atoms with Gasteiger partial charge in [-0.15, -0.1) is 0 Å². The molecule has 2 atom stereocenters. The van der Waals surface area contributed by atoms with Crippen molar-refractivity contribution in [2.75, 3.05) is 46.8 Å². The van der Waals surface area contributed by atoms with Crippen LogP contribution in [-0.4, -0.2) is 79.5 Å². The van der Waals surface area contributed by atoms with E-state index >= 15 is 0 Å². The second kappa shape index (κ2) is 4.69. The van der Waals surface area contributed by atoms with Gasteiger partial charge in [0.05, 0.1) is 6.04 Å². The molecule has 92 valence electrons. The molecule has 5 heteroatoms. The van der Waals surface area contributed by atoms with E-state index in [2.05, 4.69) is 16.8 Å². The third-order valence-electron chi connectivity index (χ3n) is 3.80. The van der Waals surface area contributed by atoms with E-state index in [0.29, 0.717) is 12.6 Å². The van der Waals surface area contributed by atoms with Crippen molar-refractivity contribution in [3.05, 3.63) is 0 Å². The minimum absolute atomic E-state index is 0.0762. The monoisotopic (exact) mass is 226 g/mol. The number of rotatable bonds is 2. The van der Waals surface area contributed by atoms with Crippen LogP contribution in [0.5, 0.6) is 0 Å². The predicted molar refractivity (Wildman–Crippen MR) is 63.1 cm³/mol. The van der Waals surface area contributed by atoms with Crippen LogP contribution >= 0.6 is 0 Å². The number of carbonyl (C=O) groups excluding carboxylic acids is 1. The number of likely N-dealkylation sites (tertiary alicyclic amines) is 1. The second-order valence-corrected chi connectivity index (χ2v) is 4.95. The number of carbonyl (C=O) groups is 1. The zero-order chi connectivity index (χ0) is 11.7. The van der Waals surface area contributed by atoms with Gasteiger partial charge in [0, 0.05) is 45.8 Å². The molecule has 0 aromatic carbocycles. The highest BCUT2D eigenvalue weighted by atomic mass is 16.2. The van der Waals surface area contributed by atoms with Gasteiger partial charge >= 0.3 is 0 Å². The first-order valence-electron chi connectivity index (χ1n) is 6.03. The van der Waals surface area contributed by atoms with Crippen molar-refractivity contribution >= 4 is 5.91 Å². The molecule has 2 unspecified atom stereocenters. The lowest BCUT2D eigenvalue weighted by atomic mass is 10.1. The molecule has 2 aliphatic heterocycles. The second-order valence-electron chi connectivity index (χ2n) is 4.95. The third kappa shape index (κ3) is 2.07. The van der Waals surface area contributed by atoms with Crippen LogP contribution in [0.3, 0.4) is 0 Å². The maximum Gasteiger partial charge on any atom is 0.239 e. The van der Waals surface area contributed by atoms with Gasteiger partial charge in [0.15, 0.2) is 0 Å². The summed E-state index contributed by atoms with van der Waals surface area (Å²) in [5.41, 5.74) is 5.81. The van der Waals surface area contributed by atoms with Crippen LogP contribution in [-0.2, 0) is 4.79 Å². The Labute approximate surface area is 97.2 Å². The maximum absolute atomic E-state index is 12.0. The van der Waals surface area contributed by atoms with Gasteiger partial charge < -0.3 is 15.5 Å². The Hall–Kier alpha value is -0.650. The molecule has 0 aliphatic carbocycles. The molecule has 0 bridgehead atoms. The van der Waals surface area contributed by atoms with Gasteiger partial charge in [-0.1, -0.05) is 0 Å². The van der Waals surface area contributed by atoms with Gasteiger partial charge in [-0.3, -0.25) is 9.69 Å². The number of likely N-dealkylation sites (N-methyl/N-ethyl adjacent to an activating group) is 2. The van der Waals surface area contributed by atoms with E-state index in [4.69, 9.17) is 5.73 Å². The Morgan fingerprint density at radius 2 is 2.06 bits per heavy atom. The largest absolute Gasteiger partial charge is 0.344 e. The molecule has 1 amide bonds. The zero-order valence-electron chi connectivity index (χ0n) is 10.2. The number of hydrogen-bond acceptors (Lipinski definition) is 4. The number of nitrogens with two attached hydrogens (primary N) is 1. The SMILES string of the molecule is CN1CCN(C2CCN(C)C2=O)C(CN)C1. The lowest BCUT2D eigenvalue weighted by Crippen LogP contribution is -2.59. The maximum atomic E-state index is 12.0. The quantitative estimate of drug-likeness (QED) is 0.642. The summed E-state index contributed by atoms with van der Waals surface area (Å²) in [6.45, 7) is 4.49. The lowest BCUT2D eigenvalue weighted by Gasteiger charge is -2.42. The topological polar surface area (TPSA) is 52.8 Å². The highest BCUT2D eigenvalue weighted by molar-refractivity contribution is 5.83. The van der Waals surface area contributed by atoms with Crippen LogP contribution in [0.2, 0.25) is 0 Å². The summed E-state index contributed by atoms with van der Waals surface area (Å²) in [6, 6.07) is 0.409. The standard InChI is InChI=1S/C11H22N4O/c1-13-5-6-15(9(7-12)8-13)10-3-4-14(2)11(10)16/h9-10H,3-8,12H2,1-2H3. The molecular formula is C11H22N4O. The van der Waals surface area contributed by atoms with E-state index in [1.54, 1.807) is 0 Å². The number of nitrogens with zero attached hydrogens (tertiary/aromatic N) is 3. The predicted octanol–water partition coefficient (Wildman–Crippen LogP) is -1.21. The van der Waals surface area contributed by atoms with Gasteiger partial charge in [0.25, 0.3) is 0 Å². The van der Waals surface area contributed by atoms with E-state index in [1.807, 2.05) is 11.9 Å². The summed E-state index contributed by atoms with van der Waals surface area (Å²) in [4.78, 5) is 18.4. The summed E-state index contributed by atoms with van der Waals surface area (Å²) in [7, 11) is 4.00. The van der Waals surface area contributed by atoms with Crippen molar-refractivity contribution in [2.24, 2.45) is 5.73 Å². The summed E-state index contributed by atoms with van der Waals surface area (Å²) in [6.07, 6.45) is 0.954. The molecule has 2 fully saturated rings. The molecule has 0 radical (unpaired) electrons. The first-order valence-corrected chi connectivity index (χ1v) is 6.03. The molecule has 2 rings (SSSR count). The van der Waals surface area contributed by atoms with Gasteiger partial charge in [0.1, 0.15) is 0 Å². The number of piperazine rings is 1. The molecule has 0 aromatic rings. The van der Waals surface area contributed by atoms with Crippen LogP contribution in [0.15, 0.2) is 0 Å². The van der Waals surface area contributed by atoms with Crippen molar-refractivity contribution in [3.8, 4) is 0 Å². The molecular weight excluding hydrogens is 204 g/mol. The van der Waals surface area contributed by atoms with Crippen molar-refractivity contribution < 1.29 is 4.79 Å². The zero-order valence-corrected chi connectivity index (χ0v) is 10.2. The Morgan fingerprint density at radius 3 is 2.62 bits per heavy atom. The number of amides is 1. The smallest absolute Gasteiger partial charge is 0.239 e. The minimum atomic E-state index is 0.0762. The van der Waals surface area contributed by atoms with E-state index in [1.165, 1.54) is 0 Å². The average molecular weight is 226 g/mol.